The predicted octanol–water partition coefficient (Wildman–Crippen LogP) is 1.79. The molecule has 120 valence electrons. The van der Waals surface area contributed by atoms with Crippen LogP contribution in [0.4, 0.5) is 10.1 Å². The van der Waals surface area contributed by atoms with Crippen molar-refractivity contribution < 1.29 is 9.18 Å². The fraction of sp³-hybridized carbons (Fsp3) is 0.588. The number of benzene rings is 1. The standard InChI is InChI=1S/C17H24FN3O/c18-17-12-16(21-8-6-20(7-9-21)10-11-22)5-4-14(17)13-19-15-2-1-3-15/h4-5,11-12,15,19H,1-3,6-10,13H2. The Bertz CT molecular complexity index is 511. The monoisotopic (exact) mass is 305 g/mol. The van der Waals surface area contributed by atoms with Crippen LogP contribution in [0.25, 0.3) is 0 Å². The van der Waals surface area contributed by atoms with E-state index in [1.165, 1.54) is 19.3 Å². The fourth-order valence-corrected chi connectivity index (χ4v) is 3.04. The summed E-state index contributed by atoms with van der Waals surface area (Å²) in [7, 11) is 0. The van der Waals surface area contributed by atoms with Gasteiger partial charge >= 0.3 is 0 Å². The molecule has 22 heavy (non-hydrogen) atoms. The van der Waals surface area contributed by atoms with Crippen LogP contribution in [0.1, 0.15) is 24.8 Å². The molecule has 0 amide bonds. The Balaban J connectivity index is 1.56. The zero-order chi connectivity index (χ0) is 15.4. The first kappa shape index (κ1) is 15.4. The Labute approximate surface area is 131 Å². The Morgan fingerprint density at radius 3 is 2.59 bits per heavy atom. The van der Waals surface area contributed by atoms with Gasteiger partial charge in [-0.05, 0) is 25.0 Å². The Hall–Kier alpha value is -1.46. The van der Waals surface area contributed by atoms with Crippen LogP contribution in [0.15, 0.2) is 18.2 Å². The van der Waals surface area contributed by atoms with Crippen molar-refractivity contribution in [1.29, 1.82) is 0 Å². The first-order chi connectivity index (χ1) is 10.8. The number of rotatable bonds is 6. The van der Waals surface area contributed by atoms with Crippen LogP contribution < -0.4 is 10.2 Å². The third-order valence-corrected chi connectivity index (χ3v) is 4.79. The van der Waals surface area contributed by atoms with Gasteiger partial charge in [-0.2, -0.15) is 0 Å². The van der Waals surface area contributed by atoms with E-state index in [9.17, 15) is 9.18 Å². The second-order valence-corrected chi connectivity index (χ2v) is 6.24. The zero-order valence-corrected chi connectivity index (χ0v) is 12.9. The quantitative estimate of drug-likeness (QED) is 0.813. The lowest BCUT2D eigenvalue weighted by Crippen LogP contribution is -2.46. The SMILES string of the molecule is O=CCN1CCN(c2ccc(CNC3CCC3)c(F)c2)CC1. The third-order valence-electron chi connectivity index (χ3n) is 4.79. The first-order valence-corrected chi connectivity index (χ1v) is 8.19. The highest BCUT2D eigenvalue weighted by molar-refractivity contribution is 5.52. The lowest BCUT2D eigenvalue weighted by atomic mass is 9.93. The van der Waals surface area contributed by atoms with E-state index in [0.717, 1.165) is 43.7 Å². The lowest BCUT2D eigenvalue weighted by Gasteiger charge is -2.35. The van der Waals surface area contributed by atoms with Crippen molar-refractivity contribution >= 4 is 12.0 Å². The van der Waals surface area contributed by atoms with Gasteiger partial charge in [-0.3, -0.25) is 4.90 Å². The highest BCUT2D eigenvalue weighted by Gasteiger charge is 2.19. The summed E-state index contributed by atoms with van der Waals surface area (Å²) in [5.74, 6) is -0.125. The van der Waals surface area contributed by atoms with Gasteiger partial charge in [0.25, 0.3) is 0 Å². The van der Waals surface area contributed by atoms with Gasteiger partial charge in [0.05, 0.1) is 6.54 Å². The third kappa shape index (κ3) is 3.65. The fourth-order valence-electron chi connectivity index (χ4n) is 3.04. The number of aldehydes is 1. The maximum absolute atomic E-state index is 14.3. The molecule has 4 nitrogen and oxygen atoms in total. The molecule has 1 saturated heterocycles. The van der Waals surface area contributed by atoms with E-state index in [0.29, 0.717) is 19.1 Å². The van der Waals surface area contributed by atoms with Crippen molar-refractivity contribution in [2.45, 2.75) is 31.8 Å². The molecule has 0 spiro atoms. The van der Waals surface area contributed by atoms with E-state index < -0.39 is 0 Å². The number of carbonyl (C=O) groups is 1. The van der Waals surface area contributed by atoms with E-state index in [2.05, 4.69) is 15.1 Å². The molecule has 3 rings (SSSR count). The van der Waals surface area contributed by atoms with Crippen molar-refractivity contribution in [3.8, 4) is 0 Å². The van der Waals surface area contributed by atoms with E-state index in [-0.39, 0.29) is 5.82 Å². The maximum atomic E-state index is 14.3. The zero-order valence-electron chi connectivity index (χ0n) is 12.9. The van der Waals surface area contributed by atoms with E-state index in [1.807, 2.05) is 12.1 Å². The first-order valence-electron chi connectivity index (χ1n) is 8.19. The van der Waals surface area contributed by atoms with Crippen LogP contribution in [-0.4, -0.2) is 50.0 Å². The molecule has 1 saturated carbocycles. The number of anilines is 1. The van der Waals surface area contributed by atoms with E-state index in [1.54, 1.807) is 6.07 Å². The van der Waals surface area contributed by atoms with Crippen LogP contribution in [0.3, 0.4) is 0 Å². The average molecular weight is 305 g/mol. The minimum Gasteiger partial charge on any atom is -0.369 e. The van der Waals surface area contributed by atoms with Gasteiger partial charge < -0.3 is 15.0 Å². The maximum Gasteiger partial charge on any atom is 0.133 e. The van der Waals surface area contributed by atoms with Gasteiger partial charge in [0.2, 0.25) is 0 Å². The lowest BCUT2D eigenvalue weighted by molar-refractivity contribution is -0.108. The highest BCUT2D eigenvalue weighted by Crippen LogP contribution is 2.22. The molecule has 0 unspecified atom stereocenters. The summed E-state index contributed by atoms with van der Waals surface area (Å²) in [6.07, 6.45) is 4.66. The minimum absolute atomic E-state index is 0.125. The summed E-state index contributed by atoms with van der Waals surface area (Å²) < 4.78 is 14.3. The van der Waals surface area contributed by atoms with Gasteiger partial charge in [0, 0.05) is 50.0 Å². The summed E-state index contributed by atoms with van der Waals surface area (Å²) in [5, 5.41) is 3.40. The van der Waals surface area contributed by atoms with Gasteiger partial charge in [0.1, 0.15) is 12.1 Å². The average Bonchev–Trinajstić information content (AvgIpc) is 2.48. The number of hydrogen-bond donors (Lipinski definition) is 1. The molecular weight excluding hydrogens is 281 g/mol. The van der Waals surface area contributed by atoms with Crippen LogP contribution >= 0.6 is 0 Å². The normalized spacial score (nSPS) is 20.0. The molecule has 1 aliphatic heterocycles. The van der Waals surface area contributed by atoms with Gasteiger partial charge in [0.15, 0.2) is 0 Å². The van der Waals surface area contributed by atoms with Gasteiger partial charge in [-0.15, -0.1) is 0 Å². The topological polar surface area (TPSA) is 35.6 Å². The summed E-state index contributed by atoms with van der Waals surface area (Å²) in [6, 6.07) is 6.13. The number of piperazine rings is 1. The molecule has 1 N–H and O–H groups in total. The smallest absolute Gasteiger partial charge is 0.133 e. The molecule has 1 heterocycles. The molecule has 2 aliphatic rings. The molecule has 0 bridgehead atoms. The Morgan fingerprint density at radius 1 is 1.23 bits per heavy atom. The molecule has 1 aliphatic carbocycles. The Morgan fingerprint density at radius 2 is 2.00 bits per heavy atom. The number of halogens is 1. The molecule has 1 aromatic rings. The van der Waals surface area contributed by atoms with Crippen molar-refractivity contribution in [2.24, 2.45) is 0 Å². The molecular formula is C17H24FN3O. The van der Waals surface area contributed by atoms with Crippen LogP contribution in [-0.2, 0) is 11.3 Å². The minimum atomic E-state index is -0.125. The number of hydrogen-bond acceptors (Lipinski definition) is 4. The summed E-state index contributed by atoms with van der Waals surface area (Å²) >= 11 is 0. The second-order valence-electron chi connectivity index (χ2n) is 6.24. The number of nitrogens with zero attached hydrogens (tertiary/aromatic N) is 2. The Kier molecular flexibility index (Phi) is 5.05. The molecule has 0 radical (unpaired) electrons. The molecule has 0 aromatic heterocycles. The van der Waals surface area contributed by atoms with Crippen LogP contribution in [0.5, 0.6) is 0 Å². The summed E-state index contributed by atoms with van der Waals surface area (Å²) in [5.41, 5.74) is 1.69. The predicted molar refractivity (Wildman–Crippen MR) is 85.6 cm³/mol. The summed E-state index contributed by atoms with van der Waals surface area (Å²) in [4.78, 5) is 14.8. The van der Waals surface area contributed by atoms with E-state index in [4.69, 9.17) is 0 Å². The van der Waals surface area contributed by atoms with Crippen molar-refractivity contribution in [3.05, 3.63) is 29.6 Å². The van der Waals surface area contributed by atoms with Gasteiger partial charge in [-0.1, -0.05) is 12.5 Å². The van der Waals surface area contributed by atoms with Crippen LogP contribution in [0, 0.1) is 5.82 Å². The number of nitrogens with one attached hydrogen (secondary N) is 1. The molecule has 0 atom stereocenters. The number of carbonyl (C=O) groups excluding carboxylic acids is 1. The molecule has 5 heteroatoms. The van der Waals surface area contributed by atoms with Gasteiger partial charge in [-0.25, -0.2) is 4.39 Å². The van der Waals surface area contributed by atoms with E-state index >= 15 is 0 Å². The highest BCUT2D eigenvalue weighted by atomic mass is 19.1. The van der Waals surface area contributed by atoms with Crippen molar-refractivity contribution in [3.63, 3.8) is 0 Å². The molecule has 1 aromatic carbocycles. The summed E-state index contributed by atoms with van der Waals surface area (Å²) in [6.45, 7) is 4.49. The van der Waals surface area contributed by atoms with Crippen LogP contribution in [0.2, 0.25) is 0 Å². The molecule has 2 fully saturated rings. The van der Waals surface area contributed by atoms with Crippen molar-refractivity contribution in [2.75, 3.05) is 37.6 Å². The second kappa shape index (κ2) is 7.20. The largest absolute Gasteiger partial charge is 0.369 e. The van der Waals surface area contributed by atoms with Crippen molar-refractivity contribution in [1.82, 2.24) is 10.2 Å².